The second-order valence-corrected chi connectivity index (χ2v) is 6.03. The van der Waals surface area contributed by atoms with Gasteiger partial charge in [0.15, 0.2) is 6.61 Å². The van der Waals surface area contributed by atoms with Crippen LogP contribution in [-0.2, 0) is 9.53 Å². The van der Waals surface area contributed by atoms with Gasteiger partial charge in [-0.05, 0) is 29.6 Å². The number of thiophene rings is 1. The van der Waals surface area contributed by atoms with Crippen LogP contribution in [0.25, 0.3) is 0 Å². The summed E-state index contributed by atoms with van der Waals surface area (Å²) in [6.45, 7) is -0.562. The predicted octanol–water partition coefficient (Wildman–Crippen LogP) is 2.67. The minimum Gasteiger partial charge on any atom is -0.452 e. The summed E-state index contributed by atoms with van der Waals surface area (Å²) in [6.07, 6.45) is 0. The number of benzene rings is 1. The molecule has 0 aliphatic rings. The van der Waals surface area contributed by atoms with Gasteiger partial charge in [-0.25, -0.2) is 4.79 Å². The van der Waals surface area contributed by atoms with Gasteiger partial charge in [-0.2, -0.15) is 0 Å². The Labute approximate surface area is 145 Å². The molecule has 120 valence electrons. The zero-order valence-electron chi connectivity index (χ0n) is 11.5. The molecule has 0 fully saturated rings. The van der Waals surface area contributed by atoms with E-state index < -0.39 is 24.4 Å². The fourth-order valence-corrected chi connectivity index (χ4v) is 2.66. The molecular formula is C14H10Cl2N2O4S. The van der Waals surface area contributed by atoms with E-state index in [1.54, 1.807) is 17.5 Å². The van der Waals surface area contributed by atoms with E-state index in [4.69, 9.17) is 27.9 Å². The van der Waals surface area contributed by atoms with Gasteiger partial charge in [-0.3, -0.25) is 20.4 Å². The molecule has 0 spiro atoms. The summed E-state index contributed by atoms with van der Waals surface area (Å²) in [7, 11) is 0. The van der Waals surface area contributed by atoms with Crippen LogP contribution in [0.1, 0.15) is 20.0 Å². The number of hydrogen-bond donors (Lipinski definition) is 2. The van der Waals surface area contributed by atoms with Gasteiger partial charge in [0.05, 0.1) is 10.4 Å². The number of amides is 2. The molecule has 0 radical (unpaired) electrons. The number of hydrazine groups is 1. The molecule has 0 unspecified atom stereocenters. The van der Waals surface area contributed by atoms with Crippen LogP contribution in [0.5, 0.6) is 0 Å². The van der Waals surface area contributed by atoms with E-state index in [1.165, 1.54) is 29.5 Å². The van der Waals surface area contributed by atoms with Crippen molar-refractivity contribution in [3.63, 3.8) is 0 Å². The van der Waals surface area contributed by atoms with Crippen LogP contribution >= 0.6 is 34.5 Å². The first kappa shape index (κ1) is 17.3. The Morgan fingerprint density at radius 3 is 2.39 bits per heavy atom. The number of ether oxygens (including phenoxy) is 1. The average Bonchev–Trinajstić information content (AvgIpc) is 3.03. The summed E-state index contributed by atoms with van der Waals surface area (Å²) < 4.78 is 4.81. The molecule has 0 aliphatic heterocycles. The molecule has 1 aromatic heterocycles. The molecule has 23 heavy (non-hydrogen) atoms. The third-order valence-corrected chi connectivity index (χ3v) is 3.80. The second kappa shape index (κ2) is 7.96. The van der Waals surface area contributed by atoms with Gasteiger partial charge in [-0.15, -0.1) is 11.3 Å². The summed E-state index contributed by atoms with van der Waals surface area (Å²) in [5, 5.41) is 2.28. The molecule has 1 heterocycles. The van der Waals surface area contributed by atoms with Crippen LogP contribution in [0, 0.1) is 0 Å². The molecule has 2 aromatic rings. The Hall–Kier alpha value is -2.09. The lowest BCUT2D eigenvalue weighted by atomic mass is 10.2. The van der Waals surface area contributed by atoms with Gasteiger partial charge in [0.25, 0.3) is 11.8 Å². The predicted molar refractivity (Wildman–Crippen MR) is 86.7 cm³/mol. The maximum absolute atomic E-state index is 11.8. The Kier molecular flexibility index (Phi) is 5.97. The first-order chi connectivity index (χ1) is 11.0. The topological polar surface area (TPSA) is 84.5 Å². The number of nitrogens with one attached hydrogen (secondary N) is 2. The summed E-state index contributed by atoms with van der Waals surface area (Å²) in [6, 6.07) is 7.51. The van der Waals surface area contributed by atoms with E-state index in [1.807, 2.05) is 0 Å². The van der Waals surface area contributed by atoms with Gasteiger partial charge in [0.2, 0.25) is 0 Å². The van der Waals surface area contributed by atoms with Crippen molar-refractivity contribution in [1.82, 2.24) is 10.9 Å². The quantitative estimate of drug-likeness (QED) is 0.638. The van der Waals surface area contributed by atoms with Gasteiger partial charge in [0, 0.05) is 10.0 Å². The molecule has 1 aromatic carbocycles. The maximum atomic E-state index is 11.8. The van der Waals surface area contributed by atoms with Crippen LogP contribution in [-0.4, -0.2) is 24.4 Å². The summed E-state index contributed by atoms with van der Waals surface area (Å²) in [5.74, 6) is -1.90. The van der Waals surface area contributed by atoms with Crippen molar-refractivity contribution in [3.05, 3.63) is 56.2 Å². The number of halogens is 2. The minimum atomic E-state index is -0.755. The third-order valence-electron chi connectivity index (χ3n) is 2.49. The standard InChI is InChI=1S/C14H10Cl2N2O4S/c15-9-4-8(5-10(16)6-9)14(21)22-7-12(19)17-18-13(20)11-2-1-3-23-11/h1-6H,7H2,(H,17,19)(H,18,20). The molecule has 9 heteroatoms. The summed E-state index contributed by atoms with van der Waals surface area (Å²) in [5.41, 5.74) is 4.47. The van der Waals surface area contributed by atoms with Gasteiger partial charge >= 0.3 is 5.97 Å². The Bertz CT molecular complexity index is 714. The van der Waals surface area contributed by atoms with Gasteiger partial charge < -0.3 is 4.74 Å². The number of carbonyl (C=O) groups is 3. The molecule has 2 amide bonds. The molecule has 6 nitrogen and oxygen atoms in total. The molecule has 0 saturated heterocycles. The van der Waals surface area contributed by atoms with Crippen LogP contribution in [0.2, 0.25) is 10.0 Å². The van der Waals surface area contributed by atoms with E-state index in [0.717, 1.165) is 0 Å². The van der Waals surface area contributed by atoms with E-state index in [0.29, 0.717) is 4.88 Å². The van der Waals surface area contributed by atoms with Crippen LogP contribution in [0.3, 0.4) is 0 Å². The Balaban J connectivity index is 1.79. The highest BCUT2D eigenvalue weighted by atomic mass is 35.5. The van der Waals surface area contributed by atoms with E-state index in [-0.39, 0.29) is 15.6 Å². The van der Waals surface area contributed by atoms with Crippen LogP contribution in [0.15, 0.2) is 35.7 Å². The molecular weight excluding hydrogens is 363 g/mol. The first-order valence-electron chi connectivity index (χ1n) is 6.21. The van der Waals surface area contributed by atoms with Crippen molar-refractivity contribution in [1.29, 1.82) is 0 Å². The lowest BCUT2D eigenvalue weighted by molar-refractivity contribution is -0.125. The summed E-state index contributed by atoms with van der Waals surface area (Å²) in [4.78, 5) is 35.3. The Morgan fingerprint density at radius 2 is 1.78 bits per heavy atom. The van der Waals surface area contributed by atoms with Crippen molar-refractivity contribution in [2.75, 3.05) is 6.61 Å². The van der Waals surface area contributed by atoms with E-state index in [9.17, 15) is 14.4 Å². The third kappa shape index (κ3) is 5.24. The van der Waals surface area contributed by atoms with Crippen molar-refractivity contribution in [3.8, 4) is 0 Å². The highest BCUT2D eigenvalue weighted by molar-refractivity contribution is 7.12. The largest absolute Gasteiger partial charge is 0.452 e. The van der Waals surface area contributed by atoms with Crippen molar-refractivity contribution in [2.45, 2.75) is 0 Å². The Morgan fingerprint density at radius 1 is 1.09 bits per heavy atom. The smallest absolute Gasteiger partial charge is 0.338 e. The highest BCUT2D eigenvalue weighted by Gasteiger charge is 2.13. The lowest BCUT2D eigenvalue weighted by Gasteiger charge is -2.07. The minimum absolute atomic E-state index is 0.123. The number of hydrogen-bond acceptors (Lipinski definition) is 5. The fourth-order valence-electron chi connectivity index (χ4n) is 1.52. The zero-order valence-corrected chi connectivity index (χ0v) is 13.8. The monoisotopic (exact) mass is 372 g/mol. The molecule has 0 atom stereocenters. The normalized spacial score (nSPS) is 10.0. The average molecular weight is 373 g/mol. The van der Waals surface area contributed by atoms with E-state index in [2.05, 4.69) is 10.9 Å². The number of rotatable bonds is 4. The highest BCUT2D eigenvalue weighted by Crippen LogP contribution is 2.19. The molecule has 0 aliphatic carbocycles. The van der Waals surface area contributed by atoms with E-state index >= 15 is 0 Å². The maximum Gasteiger partial charge on any atom is 0.338 e. The zero-order chi connectivity index (χ0) is 16.8. The first-order valence-corrected chi connectivity index (χ1v) is 7.85. The van der Waals surface area contributed by atoms with Gasteiger partial charge in [0.1, 0.15) is 0 Å². The molecule has 0 saturated carbocycles. The van der Waals surface area contributed by atoms with Gasteiger partial charge in [-0.1, -0.05) is 29.3 Å². The summed E-state index contributed by atoms with van der Waals surface area (Å²) >= 11 is 12.8. The van der Waals surface area contributed by atoms with Crippen LogP contribution < -0.4 is 10.9 Å². The molecule has 0 bridgehead atoms. The molecule has 2 rings (SSSR count). The number of esters is 1. The van der Waals surface area contributed by atoms with Crippen molar-refractivity contribution in [2.24, 2.45) is 0 Å². The second-order valence-electron chi connectivity index (χ2n) is 4.21. The van der Waals surface area contributed by atoms with Crippen molar-refractivity contribution < 1.29 is 19.1 Å². The lowest BCUT2D eigenvalue weighted by Crippen LogP contribution is -2.43. The SMILES string of the molecule is O=C(COC(=O)c1cc(Cl)cc(Cl)c1)NNC(=O)c1cccs1. The van der Waals surface area contributed by atoms with Crippen LogP contribution in [0.4, 0.5) is 0 Å². The number of carbonyl (C=O) groups excluding carboxylic acids is 3. The molecule has 2 N–H and O–H groups in total. The van der Waals surface area contributed by atoms with Crippen molar-refractivity contribution >= 4 is 52.3 Å². The fraction of sp³-hybridized carbons (Fsp3) is 0.0714.